The lowest BCUT2D eigenvalue weighted by Crippen LogP contribution is -2.44. The van der Waals surface area contributed by atoms with Gasteiger partial charge in [-0.2, -0.15) is 0 Å². The molecule has 2 aliphatic rings. The Bertz CT molecular complexity index is 864. The van der Waals surface area contributed by atoms with Gasteiger partial charge in [-0.05, 0) is 67.6 Å². The van der Waals surface area contributed by atoms with Crippen LogP contribution in [0, 0.1) is 5.92 Å². The molecule has 152 valence electrons. The van der Waals surface area contributed by atoms with E-state index < -0.39 is 5.60 Å². The quantitative estimate of drug-likeness (QED) is 0.690. The monoisotopic (exact) mass is 450 g/mol. The predicted molar refractivity (Wildman–Crippen MR) is 109 cm³/mol. The molecule has 8 heteroatoms. The molecule has 28 heavy (non-hydrogen) atoms. The van der Waals surface area contributed by atoms with E-state index in [-0.39, 0.29) is 12.2 Å². The zero-order valence-corrected chi connectivity index (χ0v) is 18.2. The summed E-state index contributed by atoms with van der Waals surface area (Å²) in [7, 11) is 0. The van der Waals surface area contributed by atoms with Crippen molar-refractivity contribution in [3.05, 3.63) is 16.6 Å². The standard InChI is InChI=1S/C20H27BrN4O3/c1-20(2,3)28-19(26)24-10-8-14(9-11-24)27-16-7-6-15-18(17(16)21)22-23-25(15)12-13-4-5-13/h6-7,13-14H,4-5,8-12H2,1-3H3. The molecule has 1 saturated carbocycles. The number of hydrogen-bond donors (Lipinski definition) is 0. The molecule has 4 rings (SSSR count). The summed E-state index contributed by atoms with van der Waals surface area (Å²) in [4.78, 5) is 14.0. The van der Waals surface area contributed by atoms with Gasteiger partial charge in [-0.3, -0.25) is 0 Å². The summed E-state index contributed by atoms with van der Waals surface area (Å²) in [6.45, 7) is 7.86. The zero-order valence-electron chi connectivity index (χ0n) is 16.7. The molecule has 2 aromatic rings. The predicted octanol–water partition coefficient (Wildman–Crippen LogP) is 4.38. The Morgan fingerprint density at radius 1 is 1.21 bits per heavy atom. The molecule has 0 N–H and O–H groups in total. The number of amides is 1. The van der Waals surface area contributed by atoms with Crippen LogP contribution in [0.3, 0.4) is 0 Å². The van der Waals surface area contributed by atoms with Crippen LogP contribution >= 0.6 is 15.9 Å². The summed E-state index contributed by atoms with van der Waals surface area (Å²) in [5, 5.41) is 8.64. The minimum absolute atomic E-state index is 0.0638. The van der Waals surface area contributed by atoms with Gasteiger partial charge in [0, 0.05) is 32.5 Å². The lowest BCUT2D eigenvalue weighted by atomic mass is 10.1. The molecule has 1 aliphatic carbocycles. The number of benzene rings is 1. The second kappa shape index (κ2) is 7.54. The number of piperidine rings is 1. The van der Waals surface area contributed by atoms with Crippen LogP contribution in [0.1, 0.15) is 46.5 Å². The molecular formula is C20H27BrN4O3. The number of hydrogen-bond acceptors (Lipinski definition) is 5. The number of likely N-dealkylation sites (tertiary alicyclic amines) is 1. The molecule has 2 heterocycles. The second-order valence-electron chi connectivity index (χ2n) is 8.74. The van der Waals surface area contributed by atoms with E-state index in [4.69, 9.17) is 9.47 Å². The van der Waals surface area contributed by atoms with Crippen molar-refractivity contribution in [2.75, 3.05) is 13.1 Å². The van der Waals surface area contributed by atoms with Crippen molar-refractivity contribution in [1.29, 1.82) is 0 Å². The summed E-state index contributed by atoms with van der Waals surface area (Å²) < 4.78 is 14.5. The van der Waals surface area contributed by atoms with E-state index in [9.17, 15) is 4.79 Å². The maximum atomic E-state index is 12.2. The third kappa shape index (κ3) is 4.42. The van der Waals surface area contributed by atoms with Crippen molar-refractivity contribution in [2.45, 2.75) is 64.7 Å². The van der Waals surface area contributed by atoms with Gasteiger partial charge in [-0.15, -0.1) is 5.10 Å². The highest BCUT2D eigenvalue weighted by atomic mass is 79.9. The fourth-order valence-corrected chi connectivity index (χ4v) is 3.93. The molecule has 1 aromatic heterocycles. The molecule has 0 atom stereocenters. The van der Waals surface area contributed by atoms with E-state index in [1.165, 1.54) is 12.8 Å². The summed E-state index contributed by atoms with van der Waals surface area (Å²) in [5.41, 5.74) is 1.40. The van der Waals surface area contributed by atoms with E-state index in [1.807, 2.05) is 37.6 Å². The van der Waals surface area contributed by atoms with Crippen LogP contribution < -0.4 is 4.74 Å². The minimum Gasteiger partial charge on any atom is -0.489 e. The van der Waals surface area contributed by atoms with Crippen LogP contribution in [0.4, 0.5) is 4.79 Å². The van der Waals surface area contributed by atoms with E-state index >= 15 is 0 Å². The Morgan fingerprint density at radius 3 is 2.57 bits per heavy atom. The smallest absolute Gasteiger partial charge is 0.410 e. The first kappa shape index (κ1) is 19.5. The Kier molecular flexibility index (Phi) is 5.24. The Morgan fingerprint density at radius 2 is 1.93 bits per heavy atom. The van der Waals surface area contributed by atoms with Gasteiger partial charge in [0.25, 0.3) is 0 Å². The fourth-order valence-electron chi connectivity index (χ4n) is 3.42. The number of carbonyl (C=O) groups is 1. The Balaban J connectivity index is 1.38. The third-order valence-electron chi connectivity index (χ3n) is 5.11. The number of halogens is 1. The maximum Gasteiger partial charge on any atom is 0.410 e. The van der Waals surface area contributed by atoms with Crippen molar-refractivity contribution in [2.24, 2.45) is 5.92 Å². The minimum atomic E-state index is -0.471. The lowest BCUT2D eigenvalue weighted by Gasteiger charge is -2.33. The van der Waals surface area contributed by atoms with Crippen molar-refractivity contribution >= 4 is 33.1 Å². The number of carbonyl (C=O) groups excluding carboxylic acids is 1. The summed E-state index contributed by atoms with van der Waals surface area (Å²) in [6, 6.07) is 4.02. The first-order valence-electron chi connectivity index (χ1n) is 9.96. The lowest BCUT2D eigenvalue weighted by molar-refractivity contribution is 0.0126. The van der Waals surface area contributed by atoms with E-state index in [0.717, 1.165) is 46.6 Å². The van der Waals surface area contributed by atoms with Gasteiger partial charge in [0.1, 0.15) is 23.0 Å². The highest BCUT2D eigenvalue weighted by molar-refractivity contribution is 9.10. The largest absolute Gasteiger partial charge is 0.489 e. The SMILES string of the molecule is CC(C)(C)OC(=O)N1CCC(Oc2ccc3c(nnn3CC3CC3)c2Br)CC1. The van der Waals surface area contributed by atoms with Gasteiger partial charge in [0.2, 0.25) is 0 Å². The van der Waals surface area contributed by atoms with Crippen LogP contribution in [0.25, 0.3) is 11.0 Å². The number of fused-ring (bicyclic) bond motifs is 1. The Labute approximate surface area is 173 Å². The van der Waals surface area contributed by atoms with Crippen molar-refractivity contribution in [1.82, 2.24) is 19.9 Å². The van der Waals surface area contributed by atoms with Gasteiger partial charge in [0.15, 0.2) is 0 Å². The third-order valence-corrected chi connectivity index (χ3v) is 5.87. The van der Waals surface area contributed by atoms with E-state index in [1.54, 1.807) is 4.90 Å². The number of aromatic nitrogens is 3. The van der Waals surface area contributed by atoms with E-state index in [0.29, 0.717) is 13.1 Å². The van der Waals surface area contributed by atoms with Gasteiger partial charge < -0.3 is 14.4 Å². The van der Waals surface area contributed by atoms with Gasteiger partial charge in [-0.25, -0.2) is 9.48 Å². The number of rotatable bonds is 4. The fraction of sp³-hybridized carbons (Fsp3) is 0.650. The summed E-state index contributed by atoms with van der Waals surface area (Å²) in [6.07, 6.45) is 3.93. The van der Waals surface area contributed by atoms with Crippen molar-refractivity contribution in [3.63, 3.8) is 0 Å². The highest BCUT2D eigenvalue weighted by Gasteiger charge is 2.28. The number of nitrogens with zero attached hydrogens (tertiary/aromatic N) is 4. The molecule has 0 bridgehead atoms. The maximum absolute atomic E-state index is 12.2. The normalized spacial score (nSPS) is 18.5. The van der Waals surface area contributed by atoms with Crippen molar-refractivity contribution < 1.29 is 14.3 Å². The average molecular weight is 451 g/mol. The molecule has 1 aromatic carbocycles. The summed E-state index contributed by atoms with van der Waals surface area (Å²) in [5.74, 6) is 1.52. The molecule has 2 fully saturated rings. The summed E-state index contributed by atoms with van der Waals surface area (Å²) >= 11 is 3.65. The van der Waals surface area contributed by atoms with Crippen LogP contribution in [-0.2, 0) is 11.3 Å². The second-order valence-corrected chi connectivity index (χ2v) is 9.54. The Hall–Kier alpha value is -1.83. The number of ether oxygens (including phenoxy) is 2. The van der Waals surface area contributed by atoms with Gasteiger partial charge in [0.05, 0.1) is 9.99 Å². The van der Waals surface area contributed by atoms with Crippen LogP contribution in [-0.4, -0.2) is 50.8 Å². The topological polar surface area (TPSA) is 69.5 Å². The van der Waals surface area contributed by atoms with Crippen LogP contribution in [0.15, 0.2) is 16.6 Å². The molecule has 1 saturated heterocycles. The molecule has 0 radical (unpaired) electrons. The molecule has 0 unspecified atom stereocenters. The van der Waals surface area contributed by atoms with Gasteiger partial charge in [-0.1, -0.05) is 5.21 Å². The zero-order chi connectivity index (χ0) is 19.9. The molecule has 1 aliphatic heterocycles. The van der Waals surface area contributed by atoms with E-state index in [2.05, 4.69) is 26.2 Å². The van der Waals surface area contributed by atoms with Crippen LogP contribution in [0.5, 0.6) is 5.75 Å². The van der Waals surface area contributed by atoms with Crippen molar-refractivity contribution in [3.8, 4) is 5.75 Å². The first-order valence-corrected chi connectivity index (χ1v) is 10.8. The molecule has 7 nitrogen and oxygen atoms in total. The average Bonchev–Trinajstić information content (AvgIpc) is 3.35. The first-order chi connectivity index (χ1) is 13.3. The molecule has 1 amide bonds. The molecular weight excluding hydrogens is 424 g/mol. The van der Waals surface area contributed by atoms with Gasteiger partial charge >= 0.3 is 6.09 Å². The highest BCUT2D eigenvalue weighted by Crippen LogP contribution is 2.35. The van der Waals surface area contributed by atoms with Crippen LogP contribution in [0.2, 0.25) is 0 Å². The molecule has 0 spiro atoms.